The highest BCUT2D eigenvalue weighted by atomic mass is 79.9. The fraction of sp³-hybridized carbons (Fsp3) is 0.143. The number of benzene rings is 1. The van der Waals surface area contributed by atoms with Crippen molar-refractivity contribution in [3.05, 3.63) is 34.1 Å². The maximum atomic E-state index is 12.8. The molecule has 16 heavy (non-hydrogen) atoms. The molecule has 0 saturated heterocycles. The highest BCUT2D eigenvalue weighted by Crippen LogP contribution is 2.26. The highest BCUT2D eigenvalue weighted by molar-refractivity contribution is 9.10. The van der Waals surface area contributed by atoms with Crippen LogP contribution in [0.1, 0.15) is 0 Å². The van der Waals surface area contributed by atoms with E-state index in [2.05, 4.69) is 15.9 Å². The number of hydrogen-bond donors (Lipinski definition) is 1. The first-order valence-electron chi connectivity index (χ1n) is 3.86. The van der Waals surface area contributed by atoms with Crippen LogP contribution in [0.3, 0.4) is 0 Å². The highest BCUT2D eigenvalue weighted by Gasteiger charge is 2.18. The van der Waals surface area contributed by atoms with Gasteiger partial charge in [0.15, 0.2) is 0 Å². The van der Waals surface area contributed by atoms with Gasteiger partial charge in [0.05, 0.1) is 4.92 Å². The van der Waals surface area contributed by atoms with Crippen LogP contribution in [0.5, 0.6) is 0 Å². The Morgan fingerprint density at radius 3 is 2.62 bits per heavy atom. The van der Waals surface area contributed by atoms with E-state index in [0.29, 0.717) is 0 Å². The van der Waals surface area contributed by atoms with E-state index in [9.17, 15) is 22.9 Å². The molecular formula is C7H6BrFN2O4S. The Labute approximate surface area is 98.8 Å². The first-order valence-corrected chi connectivity index (χ1v) is 6.63. The average Bonchev–Trinajstić information content (AvgIpc) is 2.16. The zero-order valence-electron chi connectivity index (χ0n) is 7.68. The van der Waals surface area contributed by atoms with E-state index in [1.165, 1.54) is 0 Å². The van der Waals surface area contributed by atoms with E-state index >= 15 is 0 Å². The van der Waals surface area contributed by atoms with Crippen LogP contribution in [-0.2, 0) is 10.0 Å². The van der Waals surface area contributed by atoms with Gasteiger partial charge in [-0.15, -0.1) is 0 Å². The number of hydrogen-bond acceptors (Lipinski definition) is 4. The van der Waals surface area contributed by atoms with Crippen LogP contribution in [0.25, 0.3) is 0 Å². The van der Waals surface area contributed by atoms with Gasteiger partial charge in [0.25, 0.3) is 5.69 Å². The summed E-state index contributed by atoms with van der Waals surface area (Å²) < 4.78 is 36.6. The van der Waals surface area contributed by atoms with Crippen LogP contribution in [-0.4, -0.2) is 18.0 Å². The molecule has 0 spiro atoms. The van der Waals surface area contributed by atoms with Crippen molar-refractivity contribution in [3.63, 3.8) is 0 Å². The lowest BCUT2D eigenvalue weighted by molar-refractivity contribution is -0.383. The Morgan fingerprint density at radius 2 is 2.12 bits per heavy atom. The van der Waals surface area contributed by atoms with Crippen LogP contribution in [0.2, 0.25) is 0 Å². The van der Waals surface area contributed by atoms with Crippen LogP contribution < -0.4 is 4.72 Å². The van der Waals surface area contributed by atoms with Gasteiger partial charge in [0.1, 0.15) is 16.2 Å². The number of nitro groups is 1. The minimum Gasteiger partial charge on any atom is -0.276 e. The van der Waals surface area contributed by atoms with Crippen LogP contribution in [0.4, 0.5) is 15.8 Å². The molecule has 0 aliphatic heterocycles. The normalized spacial score (nSPS) is 11.1. The zero-order chi connectivity index (χ0) is 12.3. The lowest BCUT2D eigenvalue weighted by Crippen LogP contribution is -2.14. The van der Waals surface area contributed by atoms with Gasteiger partial charge >= 0.3 is 0 Å². The van der Waals surface area contributed by atoms with E-state index in [1.807, 2.05) is 4.72 Å². The van der Waals surface area contributed by atoms with Crippen molar-refractivity contribution in [2.24, 2.45) is 0 Å². The maximum absolute atomic E-state index is 12.8. The van der Waals surface area contributed by atoms with Crippen LogP contribution >= 0.6 is 15.9 Å². The molecule has 9 heteroatoms. The molecule has 0 aliphatic rings. The van der Waals surface area contributed by atoms with Crippen molar-refractivity contribution in [3.8, 4) is 0 Å². The lowest BCUT2D eigenvalue weighted by atomic mass is 10.3. The summed E-state index contributed by atoms with van der Waals surface area (Å²) in [7, 11) is -3.75. The molecular weight excluding hydrogens is 307 g/mol. The van der Waals surface area contributed by atoms with Gasteiger partial charge in [-0.05, 0) is 6.07 Å². The first-order chi connectivity index (χ1) is 7.35. The van der Waals surface area contributed by atoms with Crippen LogP contribution in [0.15, 0.2) is 18.2 Å². The van der Waals surface area contributed by atoms with Gasteiger partial charge in [-0.25, -0.2) is 12.8 Å². The molecule has 0 atom stereocenters. The van der Waals surface area contributed by atoms with E-state index in [0.717, 1.165) is 18.2 Å². The third-order valence-electron chi connectivity index (χ3n) is 1.56. The molecule has 0 bridgehead atoms. The van der Waals surface area contributed by atoms with E-state index < -0.39 is 36.8 Å². The molecule has 0 radical (unpaired) electrons. The van der Waals surface area contributed by atoms with Crippen molar-refractivity contribution in [2.75, 3.05) is 9.38 Å². The minimum atomic E-state index is -3.75. The summed E-state index contributed by atoms with van der Waals surface area (Å²) in [5.74, 6) is -0.766. The van der Waals surface area contributed by atoms with Gasteiger partial charge in [0, 0.05) is 12.1 Å². The fourth-order valence-electron chi connectivity index (χ4n) is 0.944. The number of nitrogens with zero attached hydrogens (tertiary/aromatic N) is 1. The number of anilines is 1. The molecule has 0 aromatic heterocycles. The van der Waals surface area contributed by atoms with Crippen molar-refractivity contribution >= 4 is 37.3 Å². The van der Waals surface area contributed by atoms with Crippen molar-refractivity contribution in [2.45, 2.75) is 0 Å². The van der Waals surface area contributed by atoms with E-state index in [1.54, 1.807) is 0 Å². The smallest absolute Gasteiger partial charge is 0.276 e. The Hall–Kier alpha value is -1.22. The SMILES string of the molecule is O=[N+]([O-])c1ccc(F)cc1NS(=O)(=O)CBr. The fourth-order valence-corrected chi connectivity index (χ4v) is 1.84. The third kappa shape index (κ3) is 3.14. The molecule has 88 valence electrons. The summed E-state index contributed by atoms with van der Waals surface area (Å²) in [5, 5.41) is 10.5. The first kappa shape index (κ1) is 12.8. The molecule has 1 aromatic carbocycles. The molecule has 1 rings (SSSR count). The quantitative estimate of drug-likeness (QED) is 0.522. The summed E-state index contributed by atoms with van der Waals surface area (Å²) in [5.41, 5.74) is -0.907. The molecule has 0 fully saturated rings. The minimum absolute atomic E-state index is 0.399. The molecule has 0 amide bonds. The van der Waals surface area contributed by atoms with Gasteiger partial charge in [-0.2, -0.15) is 0 Å². The van der Waals surface area contributed by atoms with Crippen molar-refractivity contribution in [1.82, 2.24) is 0 Å². The Balaban J connectivity index is 3.21. The largest absolute Gasteiger partial charge is 0.293 e. The summed E-state index contributed by atoms with van der Waals surface area (Å²) in [6, 6.07) is 2.52. The Morgan fingerprint density at radius 1 is 1.50 bits per heavy atom. The van der Waals surface area contributed by atoms with Crippen molar-refractivity contribution in [1.29, 1.82) is 0 Å². The average molecular weight is 313 g/mol. The predicted octanol–water partition coefficient (Wildman–Crippen LogP) is 1.83. The Bertz CT molecular complexity index is 519. The summed E-state index contributed by atoms with van der Waals surface area (Å²) in [6.45, 7) is 0. The molecule has 1 aromatic rings. The summed E-state index contributed by atoms with van der Waals surface area (Å²) >= 11 is 2.69. The van der Waals surface area contributed by atoms with Crippen molar-refractivity contribution < 1.29 is 17.7 Å². The van der Waals surface area contributed by atoms with E-state index in [-0.39, 0.29) is 0 Å². The summed E-state index contributed by atoms with van der Waals surface area (Å²) in [4.78, 5) is 9.74. The van der Waals surface area contributed by atoms with Gasteiger partial charge in [-0.1, -0.05) is 15.9 Å². The number of sulfonamides is 1. The monoisotopic (exact) mass is 312 g/mol. The van der Waals surface area contributed by atoms with E-state index in [4.69, 9.17) is 0 Å². The van der Waals surface area contributed by atoms with Crippen LogP contribution in [0, 0.1) is 15.9 Å². The van der Waals surface area contributed by atoms with Gasteiger partial charge in [-0.3, -0.25) is 14.8 Å². The zero-order valence-corrected chi connectivity index (χ0v) is 10.1. The number of nitro benzene ring substituents is 1. The number of nitrogens with one attached hydrogen (secondary N) is 1. The van der Waals surface area contributed by atoms with Gasteiger partial charge in [0.2, 0.25) is 10.0 Å². The second-order valence-electron chi connectivity index (χ2n) is 2.74. The molecule has 6 nitrogen and oxygen atoms in total. The standard InChI is InChI=1S/C7H6BrFN2O4S/c8-4-16(14,15)10-6-3-5(9)1-2-7(6)11(12)13/h1-3,10H,4H2. The molecule has 0 saturated carbocycles. The lowest BCUT2D eigenvalue weighted by Gasteiger charge is -2.05. The number of alkyl halides is 1. The molecule has 0 unspecified atom stereocenters. The Kier molecular flexibility index (Phi) is 3.81. The van der Waals surface area contributed by atoms with Gasteiger partial charge < -0.3 is 0 Å². The number of halogens is 2. The third-order valence-corrected chi connectivity index (χ3v) is 4.19. The topological polar surface area (TPSA) is 89.3 Å². The molecule has 0 heterocycles. The summed E-state index contributed by atoms with van der Waals surface area (Å²) in [6.07, 6.45) is 0. The second-order valence-corrected chi connectivity index (χ2v) is 5.77. The molecule has 1 N–H and O–H groups in total. The number of rotatable bonds is 4. The second kappa shape index (κ2) is 4.74. The molecule has 0 aliphatic carbocycles. The predicted molar refractivity (Wildman–Crippen MR) is 59.4 cm³/mol. The maximum Gasteiger partial charge on any atom is 0.293 e.